The number of hydrogen-bond donors (Lipinski definition) is 1. The SMILES string of the molecule is Cc1ccc(C)c(N2C(=O)C[C@@H](Nc3cccc(F)c3)C2=O)c1. The molecule has 1 fully saturated rings. The zero-order valence-electron chi connectivity index (χ0n) is 13.0. The number of hydrogen-bond acceptors (Lipinski definition) is 3. The van der Waals surface area contributed by atoms with E-state index in [0.717, 1.165) is 11.1 Å². The number of nitrogens with one attached hydrogen (secondary N) is 1. The Morgan fingerprint density at radius 1 is 1.13 bits per heavy atom. The Labute approximate surface area is 133 Å². The summed E-state index contributed by atoms with van der Waals surface area (Å²) in [5.41, 5.74) is 2.94. The summed E-state index contributed by atoms with van der Waals surface area (Å²) < 4.78 is 13.3. The molecule has 23 heavy (non-hydrogen) atoms. The van der Waals surface area contributed by atoms with E-state index in [1.165, 1.54) is 17.0 Å². The van der Waals surface area contributed by atoms with Crippen LogP contribution in [0.4, 0.5) is 15.8 Å². The number of imide groups is 1. The molecule has 1 atom stereocenters. The molecule has 1 N–H and O–H groups in total. The maximum atomic E-state index is 13.3. The van der Waals surface area contributed by atoms with Crippen molar-refractivity contribution < 1.29 is 14.0 Å². The Balaban J connectivity index is 1.87. The summed E-state index contributed by atoms with van der Waals surface area (Å²) in [7, 11) is 0. The summed E-state index contributed by atoms with van der Waals surface area (Å²) in [4.78, 5) is 26.1. The summed E-state index contributed by atoms with van der Waals surface area (Å²) in [5.74, 6) is -0.955. The molecule has 0 aromatic heterocycles. The van der Waals surface area contributed by atoms with Crippen LogP contribution in [0, 0.1) is 19.7 Å². The van der Waals surface area contributed by atoms with Crippen molar-refractivity contribution in [3.63, 3.8) is 0 Å². The molecule has 0 radical (unpaired) electrons. The van der Waals surface area contributed by atoms with E-state index in [-0.39, 0.29) is 18.2 Å². The third kappa shape index (κ3) is 2.95. The van der Waals surface area contributed by atoms with Crippen LogP contribution in [0.2, 0.25) is 0 Å². The maximum Gasteiger partial charge on any atom is 0.256 e. The number of carbonyl (C=O) groups excluding carboxylic acids is 2. The van der Waals surface area contributed by atoms with Crippen LogP contribution < -0.4 is 10.2 Å². The van der Waals surface area contributed by atoms with Gasteiger partial charge in [-0.3, -0.25) is 9.59 Å². The van der Waals surface area contributed by atoms with Gasteiger partial charge in [-0.15, -0.1) is 0 Å². The molecule has 2 aromatic carbocycles. The summed E-state index contributed by atoms with van der Waals surface area (Å²) >= 11 is 0. The van der Waals surface area contributed by atoms with E-state index in [0.29, 0.717) is 11.4 Å². The Hall–Kier alpha value is -2.69. The van der Waals surface area contributed by atoms with Crippen LogP contribution in [-0.4, -0.2) is 17.9 Å². The maximum absolute atomic E-state index is 13.3. The Morgan fingerprint density at radius 3 is 2.65 bits per heavy atom. The molecule has 1 heterocycles. The van der Waals surface area contributed by atoms with E-state index in [9.17, 15) is 14.0 Å². The van der Waals surface area contributed by atoms with Gasteiger partial charge in [-0.1, -0.05) is 18.2 Å². The van der Waals surface area contributed by atoms with Crippen molar-refractivity contribution in [1.82, 2.24) is 0 Å². The standard InChI is InChI=1S/C18H17FN2O2/c1-11-6-7-12(2)16(8-11)21-17(22)10-15(18(21)23)20-14-5-3-4-13(19)9-14/h3-9,15,20H,10H2,1-2H3/t15-/m1/s1. The van der Waals surface area contributed by atoms with Gasteiger partial charge in [0.15, 0.2) is 0 Å². The van der Waals surface area contributed by atoms with Gasteiger partial charge in [0.25, 0.3) is 5.91 Å². The molecule has 0 spiro atoms. The molecule has 5 heteroatoms. The molecular weight excluding hydrogens is 295 g/mol. The molecular formula is C18H17FN2O2. The van der Waals surface area contributed by atoms with Crippen molar-refractivity contribution in [2.75, 3.05) is 10.2 Å². The first-order valence-electron chi connectivity index (χ1n) is 7.42. The number of benzene rings is 2. The zero-order valence-corrected chi connectivity index (χ0v) is 13.0. The van der Waals surface area contributed by atoms with Crippen LogP contribution in [0.1, 0.15) is 17.5 Å². The summed E-state index contributed by atoms with van der Waals surface area (Å²) in [6.45, 7) is 3.78. The minimum Gasteiger partial charge on any atom is -0.373 e. The van der Waals surface area contributed by atoms with E-state index < -0.39 is 11.9 Å². The fourth-order valence-corrected chi connectivity index (χ4v) is 2.74. The summed E-state index contributed by atoms with van der Waals surface area (Å²) in [6, 6.07) is 10.8. The Bertz CT molecular complexity index is 788. The Morgan fingerprint density at radius 2 is 1.91 bits per heavy atom. The minimum atomic E-state index is -0.677. The highest BCUT2D eigenvalue weighted by molar-refractivity contribution is 6.23. The quantitative estimate of drug-likeness (QED) is 0.886. The first-order valence-corrected chi connectivity index (χ1v) is 7.42. The van der Waals surface area contributed by atoms with Crippen molar-refractivity contribution in [2.24, 2.45) is 0 Å². The van der Waals surface area contributed by atoms with Crippen molar-refractivity contribution in [3.8, 4) is 0 Å². The second kappa shape index (κ2) is 5.83. The van der Waals surface area contributed by atoms with E-state index >= 15 is 0 Å². The van der Waals surface area contributed by atoms with Gasteiger partial charge in [-0.2, -0.15) is 0 Å². The van der Waals surface area contributed by atoms with Gasteiger partial charge < -0.3 is 5.32 Å². The van der Waals surface area contributed by atoms with Gasteiger partial charge in [-0.05, 0) is 49.2 Å². The lowest BCUT2D eigenvalue weighted by atomic mass is 10.1. The second-order valence-corrected chi connectivity index (χ2v) is 5.77. The molecule has 0 unspecified atom stereocenters. The van der Waals surface area contributed by atoms with Crippen molar-refractivity contribution in [1.29, 1.82) is 0 Å². The molecule has 4 nitrogen and oxygen atoms in total. The third-order valence-electron chi connectivity index (χ3n) is 3.92. The highest BCUT2D eigenvalue weighted by Crippen LogP contribution is 2.28. The van der Waals surface area contributed by atoms with Gasteiger partial charge in [0.2, 0.25) is 5.91 Å². The normalized spacial score (nSPS) is 17.7. The molecule has 1 aliphatic rings. The lowest BCUT2D eigenvalue weighted by molar-refractivity contribution is -0.121. The topological polar surface area (TPSA) is 49.4 Å². The van der Waals surface area contributed by atoms with Crippen molar-refractivity contribution in [2.45, 2.75) is 26.3 Å². The van der Waals surface area contributed by atoms with Crippen LogP contribution >= 0.6 is 0 Å². The number of carbonyl (C=O) groups is 2. The molecule has 2 amide bonds. The first kappa shape index (κ1) is 15.2. The van der Waals surface area contributed by atoms with Crippen LogP contribution in [-0.2, 0) is 9.59 Å². The predicted molar refractivity (Wildman–Crippen MR) is 86.8 cm³/mol. The van der Waals surface area contributed by atoms with Gasteiger partial charge in [0.05, 0.1) is 12.1 Å². The summed E-state index contributed by atoms with van der Waals surface area (Å²) in [6.07, 6.45) is 0.0583. The first-order chi connectivity index (χ1) is 11.0. The summed E-state index contributed by atoms with van der Waals surface area (Å²) in [5, 5.41) is 2.94. The molecule has 118 valence electrons. The van der Waals surface area contributed by atoms with Gasteiger partial charge in [0.1, 0.15) is 11.9 Å². The zero-order chi connectivity index (χ0) is 16.6. The highest BCUT2D eigenvalue weighted by atomic mass is 19.1. The third-order valence-corrected chi connectivity index (χ3v) is 3.92. The lowest BCUT2D eigenvalue weighted by Crippen LogP contribution is -2.35. The minimum absolute atomic E-state index is 0.0583. The number of halogens is 1. The average molecular weight is 312 g/mol. The molecule has 0 aliphatic carbocycles. The number of rotatable bonds is 3. The molecule has 1 aliphatic heterocycles. The lowest BCUT2D eigenvalue weighted by Gasteiger charge is -2.18. The van der Waals surface area contributed by atoms with Crippen LogP contribution in [0.25, 0.3) is 0 Å². The molecule has 0 saturated carbocycles. The fraction of sp³-hybridized carbons (Fsp3) is 0.222. The largest absolute Gasteiger partial charge is 0.373 e. The fourth-order valence-electron chi connectivity index (χ4n) is 2.74. The predicted octanol–water partition coefficient (Wildman–Crippen LogP) is 3.19. The van der Waals surface area contributed by atoms with E-state index in [1.807, 2.05) is 32.0 Å². The van der Waals surface area contributed by atoms with Gasteiger partial charge >= 0.3 is 0 Å². The number of nitrogens with zero attached hydrogens (tertiary/aromatic N) is 1. The van der Waals surface area contributed by atoms with Crippen LogP contribution in [0.5, 0.6) is 0 Å². The highest BCUT2D eigenvalue weighted by Gasteiger charge is 2.40. The Kier molecular flexibility index (Phi) is 3.86. The van der Waals surface area contributed by atoms with E-state index in [4.69, 9.17) is 0 Å². The average Bonchev–Trinajstić information content (AvgIpc) is 2.76. The van der Waals surface area contributed by atoms with E-state index in [2.05, 4.69) is 5.32 Å². The molecule has 3 rings (SSSR count). The number of amides is 2. The second-order valence-electron chi connectivity index (χ2n) is 5.77. The number of anilines is 2. The van der Waals surface area contributed by atoms with E-state index in [1.54, 1.807) is 12.1 Å². The van der Waals surface area contributed by atoms with Crippen LogP contribution in [0.15, 0.2) is 42.5 Å². The molecule has 1 saturated heterocycles. The molecule has 0 bridgehead atoms. The monoisotopic (exact) mass is 312 g/mol. The molecule has 2 aromatic rings. The smallest absolute Gasteiger partial charge is 0.256 e. The van der Waals surface area contributed by atoms with Gasteiger partial charge in [-0.25, -0.2) is 9.29 Å². The van der Waals surface area contributed by atoms with Crippen molar-refractivity contribution in [3.05, 3.63) is 59.4 Å². The van der Waals surface area contributed by atoms with Gasteiger partial charge in [0, 0.05) is 5.69 Å². The number of aryl methyl sites for hydroxylation is 2. The van der Waals surface area contributed by atoms with Crippen molar-refractivity contribution >= 4 is 23.2 Å². The van der Waals surface area contributed by atoms with Crippen LogP contribution in [0.3, 0.4) is 0 Å².